The Labute approximate surface area is 161 Å². The molecule has 0 aliphatic carbocycles. The van der Waals surface area contributed by atoms with E-state index in [0.717, 1.165) is 48.6 Å². The fourth-order valence-electron chi connectivity index (χ4n) is 4.19. The van der Waals surface area contributed by atoms with Crippen molar-refractivity contribution in [3.63, 3.8) is 0 Å². The summed E-state index contributed by atoms with van der Waals surface area (Å²) in [6, 6.07) is 8.60. The van der Waals surface area contributed by atoms with E-state index in [1.165, 1.54) is 12.0 Å². The molecule has 0 bridgehead atoms. The summed E-state index contributed by atoms with van der Waals surface area (Å²) in [7, 11) is 2.15. The molecule has 4 rings (SSSR count). The van der Waals surface area contributed by atoms with Gasteiger partial charge in [-0.25, -0.2) is 9.97 Å². The smallest absolute Gasteiger partial charge is 0.230 e. The SMILES string of the molecule is Cc1ccc([C@@H](C)C(=O)N2CCc3nc([C@@H]4CCCN4C)ncc3C2)cc1. The topological polar surface area (TPSA) is 49.3 Å². The number of carbonyl (C=O) groups is 1. The summed E-state index contributed by atoms with van der Waals surface area (Å²) in [5, 5.41) is 0. The summed E-state index contributed by atoms with van der Waals surface area (Å²) in [5.74, 6) is 1.00. The zero-order valence-corrected chi connectivity index (χ0v) is 16.5. The summed E-state index contributed by atoms with van der Waals surface area (Å²) in [6.07, 6.45) is 5.10. The number of carbonyl (C=O) groups excluding carboxylic acids is 1. The van der Waals surface area contributed by atoms with Gasteiger partial charge in [-0.15, -0.1) is 0 Å². The molecule has 0 unspecified atom stereocenters. The van der Waals surface area contributed by atoms with Gasteiger partial charge in [0.05, 0.1) is 17.7 Å². The molecule has 0 spiro atoms. The Balaban J connectivity index is 1.48. The maximum Gasteiger partial charge on any atom is 0.230 e. The van der Waals surface area contributed by atoms with Crippen molar-refractivity contribution in [1.82, 2.24) is 19.8 Å². The van der Waals surface area contributed by atoms with Gasteiger partial charge in [0.25, 0.3) is 0 Å². The molecule has 1 saturated heterocycles. The summed E-state index contributed by atoms with van der Waals surface area (Å²) in [4.78, 5) is 26.8. The molecular formula is C22H28N4O. The van der Waals surface area contributed by atoms with E-state index in [9.17, 15) is 4.79 Å². The van der Waals surface area contributed by atoms with Gasteiger partial charge in [0.15, 0.2) is 0 Å². The molecule has 1 fully saturated rings. The molecule has 1 amide bonds. The summed E-state index contributed by atoms with van der Waals surface area (Å²) >= 11 is 0. The van der Waals surface area contributed by atoms with E-state index in [0.29, 0.717) is 12.6 Å². The van der Waals surface area contributed by atoms with Crippen molar-refractivity contribution in [2.24, 2.45) is 0 Å². The molecule has 2 aliphatic heterocycles. The normalized spacial score (nSPS) is 21.1. The highest BCUT2D eigenvalue weighted by Gasteiger charge is 2.29. The van der Waals surface area contributed by atoms with Gasteiger partial charge in [0, 0.05) is 31.3 Å². The number of nitrogens with zero attached hydrogens (tertiary/aromatic N) is 4. The van der Waals surface area contributed by atoms with Crippen LogP contribution in [0.1, 0.15) is 59.9 Å². The van der Waals surface area contributed by atoms with Crippen LogP contribution >= 0.6 is 0 Å². The highest BCUT2D eigenvalue weighted by molar-refractivity contribution is 5.83. The maximum atomic E-state index is 13.0. The standard InChI is InChI=1S/C22H28N4O/c1-15-6-8-17(9-7-15)16(2)22(27)26-12-10-19-18(14-26)13-23-21(24-19)20-5-4-11-25(20)3/h6-9,13,16,20H,4-5,10-12,14H2,1-3H3/t16-,20+/m1/s1. The lowest BCUT2D eigenvalue weighted by atomic mass is 9.97. The third-order valence-corrected chi connectivity index (χ3v) is 6.03. The van der Waals surface area contributed by atoms with Gasteiger partial charge in [-0.3, -0.25) is 9.69 Å². The molecule has 0 radical (unpaired) electrons. The maximum absolute atomic E-state index is 13.0. The van der Waals surface area contributed by atoms with Crippen molar-refractivity contribution in [2.45, 2.75) is 51.6 Å². The molecule has 5 heteroatoms. The summed E-state index contributed by atoms with van der Waals surface area (Å²) < 4.78 is 0. The molecule has 1 aromatic heterocycles. The van der Waals surface area contributed by atoms with E-state index in [-0.39, 0.29) is 11.8 Å². The third kappa shape index (κ3) is 3.61. The molecular weight excluding hydrogens is 336 g/mol. The lowest BCUT2D eigenvalue weighted by molar-refractivity contribution is -0.133. The lowest BCUT2D eigenvalue weighted by Gasteiger charge is -2.31. The minimum Gasteiger partial charge on any atom is -0.337 e. The van der Waals surface area contributed by atoms with Crippen molar-refractivity contribution < 1.29 is 4.79 Å². The number of hydrogen-bond donors (Lipinski definition) is 0. The van der Waals surface area contributed by atoms with E-state index in [2.05, 4.69) is 48.1 Å². The number of benzene rings is 1. The average molecular weight is 364 g/mol. The van der Waals surface area contributed by atoms with Crippen molar-refractivity contribution in [1.29, 1.82) is 0 Å². The molecule has 3 heterocycles. The second kappa shape index (κ2) is 7.39. The number of aryl methyl sites for hydroxylation is 1. The van der Waals surface area contributed by atoms with E-state index in [4.69, 9.17) is 4.98 Å². The van der Waals surface area contributed by atoms with E-state index >= 15 is 0 Å². The number of aromatic nitrogens is 2. The first-order valence-electron chi connectivity index (χ1n) is 9.93. The first kappa shape index (κ1) is 18.1. The van der Waals surface area contributed by atoms with Gasteiger partial charge in [0.1, 0.15) is 5.82 Å². The predicted molar refractivity (Wildman–Crippen MR) is 105 cm³/mol. The van der Waals surface area contributed by atoms with Crippen LogP contribution in [0.3, 0.4) is 0 Å². The summed E-state index contributed by atoms with van der Waals surface area (Å²) in [6.45, 7) is 6.53. The highest BCUT2D eigenvalue weighted by atomic mass is 16.2. The number of likely N-dealkylation sites (tertiary alicyclic amines) is 1. The number of rotatable bonds is 3. The molecule has 2 aliphatic rings. The molecule has 2 aromatic rings. The van der Waals surface area contributed by atoms with Gasteiger partial charge in [0.2, 0.25) is 5.91 Å². The van der Waals surface area contributed by atoms with Gasteiger partial charge < -0.3 is 4.90 Å². The van der Waals surface area contributed by atoms with Gasteiger partial charge in [-0.05, 0) is 45.8 Å². The Morgan fingerprint density at radius 3 is 2.70 bits per heavy atom. The lowest BCUT2D eigenvalue weighted by Crippen LogP contribution is -2.39. The quantitative estimate of drug-likeness (QED) is 0.839. The van der Waals surface area contributed by atoms with Crippen LogP contribution in [-0.4, -0.2) is 45.8 Å². The number of hydrogen-bond acceptors (Lipinski definition) is 4. The van der Waals surface area contributed by atoms with E-state index < -0.39 is 0 Å². The fourth-order valence-corrected chi connectivity index (χ4v) is 4.19. The van der Waals surface area contributed by atoms with Crippen molar-refractivity contribution in [2.75, 3.05) is 20.1 Å². The Morgan fingerprint density at radius 2 is 2.00 bits per heavy atom. The Bertz CT molecular complexity index is 833. The first-order chi connectivity index (χ1) is 13.0. The van der Waals surface area contributed by atoms with Crippen molar-refractivity contribution in [3.05, 3.63) is 58.7 Å². The molecule has 0 saturated carbocycles. The zero-order chi connectivity index (χ0) is 19.0. The Kier molecular flexibility index (Phi) is 4.96. The van der Waals surface area contributed by atoms with Crippen LogP contribution in [0.2, 0.25) is 0 Å². The summed E-state index contributed by atoms with van der Waals surface area (Å²) in [5.41, 5.74) is 4.50. The average Bonchev–Trinajstić information content (AvgIpc) is 3.12. The van der Waals surface area contributed by atoms with Crippen LogP contribution in [0.4, 0.5) is 0 Å². The van der Waals surface area contributed by atoms with Crippen LogP contribution in [0, 0.1) is 6.92 Å². The van der Waals surface area contributed by atoms with Crippen LogP contribution in [0.15, 0.2) is 30.5 Å². The van der Waals surface area contributed by atoms with Gasteiger partial charge >= 0.3 is 0 Å². The van der Waals surface area contributed by atoms with Crippen LogP contribution < -0.4 is 0 Å². The van der Waals surface area contributed by atoms with Gasteiger partial charge in [-0.2, -0.15) is 0 Å². The highest BCUT2D eigenvalue weighted by Crippen LogP contribution is 2.29. The Morgan fingerprint density at radius 1 is 1.22 bits per heavy atom. The number of amides is 1. The largest absolute Gasteiger partial charge is 0.337 e. The predicted octanol–water partition coefficient (Wildman–Crippen LogP) is 3.24. The first-order valence-corrected chi connectivity index (χ1v) is 9.93. The molecule has 5 nitrogen and oxygen atoms in total. The van der Waals surface area contributed by atoms with E-state index in [1.54, 1.807) is 0 Å². The monoisotopic (exact) mass is 364 g/mol. The Hall–Kier alpha value is -2.27. The second-order valence-electron chi connectivity index (χ2n) is 7.98. The second-order valence-corrected chi connectivity index (χ2v) is 7.98. The fraction of sp³-hybridized carbons (Fsp3) is 0.500. The molecule has 2 atom stereocenters. The third-order valence-electron chi connectivity index (χ3n) is 6.03. The van der Waals surface area contributed by atoms with Crippen LogP contribution in [0.5, 0.6) is 0 Å². The molecule has 142 valence electrons. The van der Waals surface area contributed by atoms with Crippen LogP contribution in [-0.2, 0) is 17.8 Å². The van der Waals surface area contributed by atoms with Crippen LogP contribution in [0.25, 0.3) is 0 Å². The van der Waals surface area contributed by atoms with Gasteiger partial charge in [-0.1, -0.05) is 29.8 Å². The van der Waals surface area contributed by atoms with Crippen molar-refractivity contribution >= 4 is 5.91 Å². The minimum absolute atomic E-state index is 0.125. The van der Waals surface area contributed by atoms with E-state index in [1.807, 2.05) is 18.0 Å². The number of fused-ring (bicyclic) bond motifs is 1. The molecule has 1 aromatic carbocycles. The molecule has 27 heavy (non-hydrogen) atoms. The van der Waals surface area contributed by atoms with Crippen molar-refractivity contribution in [3.8, 4) is 0 Å². The zero-order valence-electron chi connectivity index (χ0n) is 16.5. The minimum atomic E-state index is -0.125. The molecule has 0 N–H and O–H groups in total.